The number of allylic oxidation sites excluding steroid dienone is 2. The highest BCUT2D eigenvalue weighted by Crippen LogP contribution is 2.48. The number of halogens is 3. The molecule has 1 aromatic heterocycles. The second-order valence-corrected chi connectivity index (χ2v) is 9.24. The first-order chi connectivity index (χ1) is 15.0. The SMILES string of the molecule is CSc1cccc([C@@H]2c3c(C)nn(-c4ccccc4)c3N=C3C(Cl)=CC(Cl)=C(Cl)N32)c1. The van der Waals surface area contributed by atoms with Crippen molar-refractivity contribution in [1.29, 1.82) is 0 Å². The van der Waals surface area contributed by atoms with Gasteiger partial charge in [0.25, 0.3) is 0 Å². The van der Waals surface area contributed by atoms with E-state index in [1.54, 1.807) is 17.8 Å². The van der Waals surface area contributed by atoms with Gasteiger partial charge < -0.3 is 4.90 Å². The molecule has 4 nitrogen and oxygen atoms in total. The van der Waals surface area contributed by atoms with Crippen LogP contribution in [0.1, 0.15) is 22.9 Å². The van der Waals surface area contributed by atoms with E-state index in [9.17, 15) is 0 Å². The number of rotatable bonds is 3. The third-order valence-corrected chi connectivity index (χ3v) is 7.11. The molecule has 0 saturated carbocycles. The minimum Gasteiger partial charge on any atom is -0.302 e. The lowest BCUT2D eigenvalue weighted by molar-refractivity contribution is 0.448. The summed E-state index contributed by atoms with van der Waals surface area (Å²) >= 11 is 21.4. The fourth-order valence-electron chi connectivity index (χ4n) is 3.96. The molecule has 0 N–H and O–H groups in total. The molecular formula is C23H17Cl3N4S. The topological polar surface area (TPSA) is 33.4 Å². The Morgan fingerprint density at radius 2 is 1.77 bits per heavy atom. The van der Waals surface area contributed by atoms with Gasteiger partial charge in [-0.3, -0.25) is 0 Å². The summed E-state index contributed by atoms with van der Waals surface area (Å²) in [4.78, 5) is 7.96. The van der Waals surface area contributed by atoms with Crippen molar-refractivity contribution in [1.82, 2.24) is 14.7 Å². The van der Waals surface area contributed by atoms with Crippen molar-refractivity contribution in [3.63, 3.8) is 0 Å². The predicted molar refractivity (Wildman–Crippen MR) is 130 cm³/mol. The van der Waals surface area contributed by atoms with E-state index >= 15 is 0 Å². The zero-order valence-electron chi connectivity index (χ0n) is 16.7. The van der Waals surface area contributed by atoms with Crippen molar-refractivity contribution in [2.75, 3.05) is 6.26 Å². The summed E-state index contributed by atoms with van der Waals surface area (Å²) in [6.45, 7) is 1.99. The summed E-state index contributed by atoms with van der Waals surface area (Å²) in [5, 5.41) is 6.04. The lowest BCUT2D eigenvalue weighted by atomic mass is 9.94. The molecule has 156 valence electrons. The first kappa shape index (κ1) is 20.7. The van der Waals surface area contributed by atoms with E-state index < -0.39 is 0 Å². The molecule has 0 spiro atoms. The maximum Gasteiger partial charge on any atom is 0.164 e. The standard InChI is InChI=1S/C23H17Cl3N4S/c1-13-19-20(14-7-6-10-16(11-14)31-2)29-21(26)17(24)12-18(25)22(29)27-23(19)30(28-13)15-8-4-3-5-9-15/h3-12,20H,1-2H3/t20-/m1/s1. The molecule has 0 bridgehead atoms. The maximum absolute atomic E-state index is 6.72. The van der Waals surface area contributed by atoms with Crippen LogP contribution in [0.25, 0.3) is 5.69 Å². The number of hydrogen-bond donors (Lipinski definition) is 0. The van der Waals surface area contributed by atoms with Gasteiger partial charge in [0.2, 0.25) is 0 Å². The van der Waals surface area contributed by atoms with Crippen molar-refractivity contribution in [2.24, 2.45) is 4.99 Å². The molecule has 31 heavy (non-hydrogen) atoms. The van der Waals surface area contributed by atoms with Crippen LogP contribution < -0.4 is 0 Å². The Kier molecular flexibility index (Phi) is 5.39. The van der Waals surface area contributed by atoms with Gasteiger partial charge in [0.15, 0.2) is 11.7 Å². The van der Waals surface area contributed by atoms with Crippen LogP contribution in [0.15, 0.2) is 85.8 Å². The smallest absolute Gasteiger partial charge is 0.164 e. The van der Waals surface area contributed by atoms with E-state index in [2.05, 4.69) is 24.5 Å². The van der Waals surface area contributed by atoms with E-state index in [1.807, 2.05) is 52.9 Å². The van der Waals surface area contributed by atoms with Gasteiger partial charge in [0, 0.05) is 10.5 Å². The van der Waals surface area contributed by atoms with Crippen LogP contribution in [0.2, 0.25) is 0 Å². The van der Waals surface area contributed by atoms with Gasteiger partial charge in [0.05, 0.1) is 27.5 Å². The van der Waals surface area contributed by atoms with Crippen LogP contribution in [0.4, 0.5) is 5.82 Å². The summed E-state index contributed by atoms with van der Waals surface area (Å²) in [6, 6.07) is 18.0. The van der Waals surface area contributed by atoms with Crippen LogP contribution >= 0.6 is 46.6 Å². The lowest BCUT2D eigenvalue weighted by Crippen LogP contribution is -2.38. The van der Waals surface area contributed by atoms with Gasteiger partial charge >= 0.3 is 0 Å². The van der Waals surface area contributed by atoms with Crippen LogP contribution in [0, 0.1) is 6.92 Å². The van der Waals surface area contributed by atoms with Gasteiger partial charge in [-0.25, -0.2) is 9.67 Å². The molecule has 2 aliphatic rings. The van der Waals surface area contributed by atoms with E-state index in [0.29, 0.717) is 21.1 Å². The number of aromatic nitrogens is 2. The average molecular weight is 488 g/mol. The van der Waals surface area contributed by atoms with E-state index in [0.717, 1.165) is 33.2 Å². The number of benzene rings is 2. The third kappa shape index (κ3) is 3.40. The molecule has 5 rings (SSSR count). The number of amidine groups is 1. The van der Waals surface area contributed by atoms with E-state index in [1.165, 1.54) is 0 Å². The number of para-hydroxylation sites is 1. The zero-order valence-corrected chi connectivity index (χ0v) is 19.8. The Balaban J connectivity index is 1.81. The molecule has 3 aromatic rings. The molecule has 0 radical (unpaired) electrons. The summed E-state index contributed by atoms with van der Waals surface area (Å²) in [5.74, 6) is 1.30. The molecule has 1 atom stereocenters. The van der Waals surface area contributed by atoms with Gasteiger partial charge in [-0.1, -0.05) is 65.1 Å². The molecule has 2 aromatic carbocycles. The van der Waals surface area contributed by atoms with Gasteiger partial charge in [-0.05, 0) is 49.1 Å². The van der Waals surface area contributed by atoms with Crippen molar-refractivity contribution in [3.05, 3.63) is 92.7 Å². The molecule has 2 aliphatic heterocycles. The molecule has 8 heteroatoms. The van der Waals surface area contributed by atoms with E-state index in [-0.39, 0.29) is 6.04 Å². The van der Waals surface area contributed by atoms with Crippen LogP contribution in [0.3, 0.4) is 0 Å². The maximum atomic E-state index is 6.72. The van der Waals surface area contributed by atoms with Gasteiger partial charge in [-0.15, -0.1) is 11.8 Å². The van der Waals surface area contributed by atoms with Crippen molar-refractivity contribution >= 4 is 58.2 Å². The molecule has 0 unspecified atom stereocenters. The third-order valence-electron chi connectivity index (χ3n) is 5.34. The van der Waals surface area contributed by atoms with Crippen molar-refractivity contribution < 1.29 is 0 Å². The monoisotopic (exact) mass is 486 g/mol. The largest absolute Gasteiger partial charge is 0.302 e. The number of aliphatic imine (C=N–C) groups is 1. The fraction of sp³-hybridized carbons (Fsp3) is 0.130. The molecule has 3 heterocycles. The highest BCUT2D eigenvalue weighted by Gasteiger charge is 2.40. The molecule has 0 aliphatic carbocycles. The molecule has 0 fully saturated rings. The lowest BCUT2D eigenvalue weighted by Gasteiger charge is -2.39. The van der Waals surface area contributed by atoms with Crippen LogP contribution in [-0.2, 0) is 0 Å². The summed E-state index contributed by atoms with van der Waals surface area (Å²) < 4.78 is 1.86. The second kappa shape index (κ2) is 8.06. The quantitative estimate of drug-likeness (QED) is 0.291. The first-order valence-electron chi connectivity index (χ1n) is 9.59. The Labute approximate surface area is 199 Å². The number of aryl methyl sites for hydroxylation is 1. The number of hydrogen-bond acceptors (Lipinski definition) is 4. The molecular weight excluding hydrogens is 471 g/mol. The summed E-state index contributed by atoms with van der Waals surface area (Å²) in [6.07, 6.45) is 3.69. The Morgan fingerprint density at radius 3 is 2.52 bits per heavy atom. The van der Waals surface area contributed by atoms with Gasteiger partial charge in [0.1, 0.15) is 5.16 Å². The predicted octanol–water partition coefficient (Wildman–Crippen LogP) is 7.12. The normalized spacial score (nSPS) is 17.8. The Hall–Kier alpha value is -2.18. The average Bonchev–Trinajstić information content (AvgIpc) is 3.13. The Bertz CT molecular complexity index is 1280. The highest BCUT2D eigenvalue weighted by molar-refractivity contribution is 7.98. The number of nitrogens with zero attached hydrogens (tertiary/aromatic N) is 4. The summed E-state index contributed by atoms with van der Waals surface area (Å²) in [7, 11) is 0. The fourth-order valence-corrected chi connectivity index (χ4v) is 5.16. The van der Waals surface area contributed by atoms with Crippen molar-refractivity contribution in [3.8, 4) is 5.69 Å². The Morgan fingerprint density at radius 1 is 1.00 bits per heavy atom. The number of thioether (sulfide) groups is 1. The highest BCUT2D eigenvalue weighted by atomic mass is 35.5. The van der Waals surface area contributed by atoms with Crippen molar-refractivity contribution in [2.45, 2.75) is 17.9 Å². The molecule has 0 saturated heterocycles. The minimum absolute atomic E-state index is 0.268. The minimum atomic E-state index is -0.268. The van der Waals surface area contributed by atoms with E-state index in [4.69, 9.17) is 44.9 Å². The van der Waals surface area contributed by atoms with Crippen LogP contribution in [0.5, 0.6) is 0 Å². The van der Waals surface area contributed by atoms with Gasteiger partial charge in [-0.2, -0.15) is 5.10 Å². The summed E-state index contributed by atoms with van der Waals surface area (Å²) in [5.41, 5.74) is 3.83. The van der Waals surface area contributed by atoms with Crippen LogP contribution in [-0.4, -0.2) is 26.8 Å². The number of fused-ring (bicyclic) bond motifs is 2. The first-order valence-corrected chi connectivity index (χ1v) is 11.9. The zero-order chi connectivity index (χ0) is 21.7. The second-order valence-electron chi connectivity index (χ2n) is 7.19. The molecule has 0 amide bonds.